The average Bonchev–Trinajstić information content (AvgIpc) is 2.73. The molecule has 0 saturated carbocycles. The maximum atomic E-state index is 13.5. The minimum absolute atomic E-state index is 0.00803. The molecule has 146 valence electrons. The zero-order chi connectivity index (χ0) is 20.2. The average molecular weight is 382 g/mol. The number of carboxylic acid groups (broad SMARTS) is 1. The van der Waals surface area contributed by atoms with E-state index in [1.165, 1.54) is 24.3 Å². The molecule has 1 aromatic carbocycles. The molecule has 1 N–H and O–H groups in total. The van der Waals surface area contributed by atoms with Gasteiger partial charge in [-0.15, -0.1) is 0 Å². The van der Waals surface area contributed by atoms with Gasteiger partial charge in [-0.25, -0.2) is 4.79 Å². The van der Waals surface area contributed by atoms with Crippen molar-refractivity contribution in [1.29, 1.82) is 0 Å². The van der Waals surface area contributed by atoms with Crippen molar-refractivity contribution in [2.75, 3.05) is 6.61 Å². The molecule has 1 atom stereocenters. The number of benzene rings is 1. The molecule has 0 aliphatic heterocycles. The van der Waals surface area contributed by atoms with Gasteiger partial charge in [-0.3, -0.25) is 4.79 Å². The van der Waals surface area contributed by atoms with Gasteiger partial charge >= 0.3 is 18.1 Å². The van der Waals surface area contributed by atoms with E-state index in [4.69, 9.17) is 9.84 Å². The van der Waals surface area contributed by atoms with Crippen LogP contribution >= 0.6 is 0 Å². The van der Waals surface area contributed by atoms with Gasteiger partial charge in [0.1, 0.15) is 0 Å². The molecule has 0 heterocycles. The first-order chi connectivity index (χ1) is 12.6. The van der Waals surface area contributed by atoms with E-state index < -0.39 is 29.6 Å². The van der Waals surface area contributed by atoms with E-state index in [1.807, 2.05) is 0 Å². The van der Waals surface area contributed by atoms with Crippen LogP contribution in [0.1, 0.15) is 44.2 Å². The third kappa shape index (κ3) is 4.99. The molecule has 0 aromatic heterocycles. The van der Waals surface area contributed by atoms with Crippen LogP contribution in [0.5, 0.6) is 0 Å². The summed E-state index contributed by atoms with van der Waals surface area (Å²) < 4.78 is 45.4. The number of carboxylic acids is 1. The Balaban J connectivity index is 2.58. The SMILES string of the molecule is CCOC(=O)C1=CC(CC(=O)O)CCC(c2ccccc2C(F)(F)F)=C1C. The molecule has 27 heavy (non-hydrogen) atoms. The van der Waals surface area contributed by atoms with Gasteiger partial charge in [-0.1, -0.05) is 24.3 Å². The minimum Gasteiger partial charge on any atom is -0.481 e. The third-order valence-corrected chi connectivity index (χ3v) is 4.51. The highest BCUT2D eigenvalue weighted by Gasteiger charge is 2.35. The quantitative estimate of drug-likeness (QED) is 0.739. The Hall–Kier alpha value is -2.57. The molecule has 7 heteroatoms. The van der Waals surface area contributed by atoms with Crippen molar-refractivity contribution in [3.05, 3.63) is 52.6 Å². The molecule has 0 spiro atoms. The molecular formula is C20H21F3O4. The fourth-order valence-corrected chi connectivity index (χ4v) is 3.27. The predicted molar refractivity (Wildman–Crippen MR) is 93.7 cm³/mol. The summed E-state index contributed by atoms with van der Waals surface area (Å²) in [5.41, 5.74) is 0.133. The molecule has 1 aliphatic rings. The Morgan fingerprint density at radius 1 is 1.26 bits per heavy atom. The molecule has 0 saturated heterocycles. The predicted octanol–water partition coefficient (Wildman–Crippen LogP) is 4.85. The molecule has 1 unspecified atom stereocenters. The molecule has 1 aliphatic carbocycles. The topological polar surface area (TPSA) is 63.6 Å². The number of ether oxygens (including phenoxy) is 1. The highest BCUT2D eigenvalue weighted by atomic mass is 19.4. The van der Waals surface area contributed by atoms with Gasteiger partial charge in [0, 0.05) is 0 Å². The van der Waals surface area contributed by atoms with Gasteiger partial charge in [-0.05, 0) is 55.4 Å². The summed E-state index contributed by atoms with van der Waals surface area (Å²) in [6, 6.07) is 5.21. The maximum absolute atomic E-state index is 13.5. The Morgan fingerprint density at radius 2 is 1.93 bits per heavy atom. The number of allylic oxidation sites excluding steroid dienone is 2. The molecule has 0 amide bonds. The normalized spacial score (nSPS) is 18.0. The first-order valence-electron chi connectivity index (χ1n) is 8.62. The van der Waals surface area contributed by atoms with Gasteiger partial charge in [-0.2, -0.15) is 13.2 Å². The third-order valence-electron chi connectivity index (χ3n) is 4.51. The second-order valence-electron chi connectivity index (χ2n) is 6.34. The summed E-state index contributed by atoms with van der Waals surface area (Å²) in [4.78, 5) is 23.4. The molecule has 1 aromatic rings. The number of carbonyl (C=O) groups excluding carboxylic acids is 1. The van der Waals surface area contributed by atoms with E-state index in [1.54, 1.807) is 13.8 Å². The van der Waals surface area contributed by atoms with Crippen molar-refractivity contribution >= 4 is 17.5 Å². The minimum atomic E-state index is -4.54. The van der Waals surface area contributed by atoms with Gasteiger partial charge in [0.2, 0.25) is 0 Å². The summed E-state index contributed by atoms with van der Waals surface area (Å²) in [5.74, 6) is -2.15. The largest absolute Gasteiger partial charge is 0.481 e. The zero-order valence-electron chi connectivity index (χ0n) is 15.1. The smallest absolute Gasteiger partial charge is 0.416 e. The summed E-state index contributed by atoms with van der Waals surface area (Å²) in [5, 5.41) is 9.08. The van der Waals surface area contributed by atoms with Crippen molar-refractivity contribution in [2.24, 2.45) is 5.92 Å². The number of alkyl halides is 3. The second-order valence-corrected chi connectivity index (χ2v) is 6.34. The van der Waals surface area contributed by atoms with Crippen molar-refractivity contribution in [3.63, 3.8) is 0 Å². The van der Waals surface area contributed by atoms with Gasteiger partial charge in [0.15, 0.2) is 0 Å². The van der Waals surface area contributed by atoms with Gasteiger partial charge < -0.3 is 9.84 Å². The Kier molecular flexibility index (Phi) is 6.46. The van der Waals surface area contributed by atoms with E-state index in [0.717, 1.165) is 6.07 Å². The number of carbonyl (C=O) groups is 2. The lowest BCUT2D eigenvalue weighted by Gasteiger charge is -2.18. The standard InChI is InChI=1S/C20H21F3O4/c1-3-27-19(26)16-10-13(11-18(24)25)8-9-14(12(16)2)15-6-4-5-7-17(15)20(21,22)23/h4-7,10,13H,3,8-9,11H2,1-2H3,(H,24,25). The van der Waals surface area contributed by atoms with Crippen molar-refractivity contribution in [3.8, 4) is 0 Å². The van der Waals surface area contributed by atoms with Crippen molar-refractivity contribution in [1.82, 2.24) is 0 Å². The highest BCUT2D eigenvalue weighted by Crippen LogP contribution is 2.41. The molecule has 2 rings (SSSR count). The van der Waals surface area contributed by atoms with Crippen LogP contribution in [-0.2, 0) is 20.5 Å². The van der Waals surface area contributed by atoms with Crippen LogP contribution in [-0.4, -0.2) is 23.7 Å². The van der Waals surface area contributed by atoms with Crippen LogP contribution in [0.4, 0.5) is 13.2 Å². The summed E-state index contributed by atoms with van der Waals surface area (Å²) in [6.07, 6.45) is -2.66. The highest BCUT2D eigenvalue weighted by molar-refractivity contribution is 5.97. The Morgan fingerprint density at radius 3 is 2.52 bits per heavy atom. The van der Waals surface area contributed by atoms with Crippen molar-refractivity contribution < 1.29 is 32.6 Å². The molecule has 0 fully saturated rings. The number of hydrogen-bond acceptors (Lipinski definition) is 3. The van der Waals surface area contributed by atoms with Gasteiger partial charge in [0.25, 0.3) is 0 Å². The molecule has 0 radical (unpaired) electrons. The first-order valence-corrected chi connectivity index (χ1v) is 8.62. The Bertz CT molecular complexity index is 791. The monoisotopic (exact) mass is 382 g/mol. The maximum Gasteiger partial charge on any atom is 0.416 e. The molecule has 4 nitrogen and oxygen atoms in total. The van der Waals surface area contributed by atoms with E-state index in [2.05, 4.69) is 0 Å². The fourth-order valence-electron chi connectivity index (χ4n) is 3.27. The lowest BCUT2D eigenvalue weighted by molar-refractivity contribution is -0.139. The van der Waals surface area contributed by atoms with Crippen molar-refractivity contribution in [2.45, 2.75) is 39.3 Å². The number of rotatable bonds is 5. The molecular weight excluding hydrogens is 361 g/mol. The summed E-state index contributed by atoms with van der Waals surface area (Å²) in [6.45, 7) is 3.32. The fraction of sp³-hybridized carbons (Fsp3) is 0.400. The lowest BCUT2D eigenvalue weighted by Crippen LogP contribution is -2.12. The lowest BCUT2D eigenvalue weighted by atomic mass is 9.90. The summed E-state index contributed by atoms with van der Waals surface area (Å²) >= 11 is 0. The van der Waals surface area contributed by atoms with Crippen LogP contribution in [0, 0.1) is 5.92 Å². The van der Waals surface area contributed by atoms with Crippen LogP contribution < -0.4 is 0 Å². The first kappa shape index (κ1) is 20.7. The zero-order valence-corrected chi connectivity index (χ0v) is 15.1. The Labute approximate surface area is 155 Å². The number of hydrogen-bond donors (Lipinski definition) is 1. The van der Waals surface area contributed by atoms with E-state index in [-0.39, 0.29) is 30.6 Å². The van der Waals surface area contributed by atoms with Crippen LogP contribution in [0.3, 0.4) is 0 Å². The van der Waals surface area contributed by atoms with Crippen LogP contribution in [0.2, 0.25) is 0 Å². The van der Waals surface area contributed by atoms with E-state index in [9.17, 15) is 22.8 Å². The van der Waals surface area contributed by atoms with E-state index >= 15 is 0 Å². The van der Waals surface area contributed by atoms with E-state index in [0.29, 0.717) is 17.6 Å². The number of halogens is 3. The second kappa shape index (κ2) is 8.41. The number of aliphatic carboxylic acids is 1. The van der Waals surface area contributed by atoms with Crippen LogP contribution in [0.15, 0.2) is 41.5 Å². The number of esters is 1. The van der Waals surface area contributed by atoms with Gasteiger partial charge in [0.05, 0.1) is 24.2 Å². The summed E-state index contributed by atoms with van der Waals surface area (Å²) in [7, 11) is 0. The van der Waals surface area contributed by atoms with Crippen LogP contribution in [0.25, 0.3) is 5.57 Å². The molecule has 0 bridgehead atoms.